The summed E-state index contributed by atoms with van der Waals surface area (Å²) in [4.78, 5) is 30.8. The van der Waals surface area contributed by atoms with Gasteiger partial charge < -0.3 is 10.2 Å². The van der Waals surface area contributed by atoms with Crippen LogP contribution >= 0.6 is 0 Å². The molecule has 5 heteroatoms. The zero-order chi connectivity index (χ0) is 19.3. The highest BCUT2D eigenvalue weighted by Gasteiger charge is 2.39. The third kappa shape index (κ3) is 4.24. The summed E-state index contributed by atoms with van der Waals surface area (Å²) >= 11 is 0. The molecule has 2 unspecified atom stereocenters. The van der Waals surface area contributed by atoms with Crippen molar-refractivity contribution >= 4 is 11.8 Å². The van der Waals surface area contributed by atoms with Crippen molar-refractivity contribution in [3.8, 4) is 0 Å². The van der Waals surface area contributed by atoms with Crippen molar-refractivity contribution in [2.45, 2.75) is 63.5 Å². The van der Waals surface area contributed by atoms with Gasteiger partial charge in [0.1, 0.15) is 0 Å². The first-order valence-corrected chi connectivity index (χ1v) is 11.1. The highest BCUT2D eigenvalue weighted by Crippen LogP contribution is 2.32. The smallest absolute Gasteiger partial charge is 0.254 e. The minimum absolute atomic E-state index is 0.0331. The molecule has 152 valence electrons. The van der Waals surface area contributed by atoms with Crippen LogP contribution in [0.25, 0.3) is 0 Å². The molecule has 4 rings (SSSR count). The standard InChI is InChI=1S/C23H33N3O2/c27-22-20-12-6-13-21(20)26(23(28)18-8-2-1-3-9-18)16-7-15-25(17-14-24-22)19-10-4-5-11-19/h1-3,8-9,19-21H,4-7,10-17H2,(H,24,27). The molecule has 5 nitrogen and oxygen atoms in total. The Kier molecular flexibility index (Phi) is 6.30. The number of fused-ring (bicyclic) bond motifs is 1. The van der Waals surface area contributed by atoms with Crippen molar-refractivity contribution in [3.63, 3.8) is 0 Å². The minimum Gasteiger partial charge on any atom is -0.355 e. The first kappa shape index (κ1) is 19.4. The molecule has 3 aliphatic rings. The van der Waals surface area contributed by atoms with Gasteiger partial charge in [-0.05, 0) is 44.2 Å². The molecular formula is C23H33N3O2. The van der Waals surface area contributed by atoms with E-state index in [2.05, 4.69) is 10.2 Å². The fourth-order valence-corrected chi connectivity index (χ4v) is 5.43. The van der Waals surface area contributed by atoms with Gasteiger partial charge in [0.25, 0.3) is 5.91 Å². The zero-order valence-electron chi connectivity index (χ0n) is 16.8. The molecular weight excluding hydrogens is 350 g/mol. The Labute approximate surface area is 168 Å². The molecule has 1 aromatic carbocycles. The van der Waals surface area contributed by atoms with Gasteiger partial charge in [-0.15, -0.1) is 0 Å². The molecule has 0 radical (unpaired) electrons. The Hall–Kier alpha value is -1.88. The van der Waals surface area contributed by atoms with Gasteiger partial charge in [-0.1, -0.05) is 37.5 Å². The van der Waals surface area contributed by atoms with Crippen LogP contribution in [0.1, 0.15) is 61.7 Å². The Balaban J connectivity index is 1.54. The molecule has 0 bridgehead atoms. The molecule has 2 amide bonds. The van der Waals surface area contributed by atoms with E-state index < -0.39 is 0 Å². The van der Waals surface area contributed by atoms with Gasteiger partial charge >= 0.3 is 0 Å². The summed E-state index contributed by atoms with van der Waals surface area (Å²) in [5.41, 5.74) is 0.732. The van der Waals surface area contributed by atoms with Crippen LogP contribution in [0.4, 0.5) is 0 Å². The van der Waals surface area contributed by atoms with Crippen LogP contribution in [0, 0.1) is 5.92 Å². The van der Waals surface area contributed by atoms with Crippen LogP contribution in [-0.2, 0) is 4.79 Å². The average Bonchev–Trinajstić information content (AvgIpc) is 3.41. The summed E-state index contributed by atoms with van der Waals surface area (Å²) in [5, 5.41) is 3.19. The minimum atomic E-state index is -0.0642. The SMILES string of the molecule is O=C1NCCN(C2CCCC2)CCCN(C(=O)c2ccccc2)C2CCCC12. The van der Waals surface area contributed by atoms with E-state index in [-0.39, 0.29) is 23.8 Å². The number of hydrogen-bond donors (Lipinski definition) is 1. The second-order valence-corrected chi connectivity index (χ2v) is 8.59. The third-order valence-electron chi connectivity index (χ3n) is 6.88. The fourth-order valence-electron chi connectivity index (χ4n) is 5.43. The molecule has 1 aliphatic heterocycles. The molecule has 1 aromatic rings. The van der Waals surface area contributed by atoms with Crippen LogP contribution in [0.15, 0.2) is 30.3 Å². The number of carbonyl (C=O) groups excluding carboxylic acids is 2. The van der Waals surface area contributed by atoms with E-state index >= 15 is 0 Å². The van der Waals surface area contributed by atoms with Crippen LogP contribution in [0.3, 0.4) is 0 Å². The number of nitrogens with one attached hydrogen (secondary N) is 1. The highest BCUT2D eigenvalue weighted by atomic mass is 16.2. The average molecular weight is 384 g/mol. The van der Waals surface area contributed by atoms with Crippen LogP contribution < -0.4 is 5.32 Å². The maximum Gasteiger partial charge on any atom is 0.254 e. The van der Waals surface area contributed by atoms with E-state index in [1.54, 1.807) is 0 Å². The van der Waals surface area contributed by atoms with Gasteiger partial charge in [-0.3, -0.25) is 14.5 Å². The highest BCUT2D eigenvalue weighted by molar-refractivity contribution is 5.95. The number of carbonyl (C=O) groups is 2. The molecule has 28 heavy (non-hydrogen) atoms. The van der Waals surface area contributed by atoms with Crippen molar-refractivity contribution in [1.29, 1.82) is 0 Å². The molecule has 1 N–H and O–H groups in total. The lowest BCUT2D eigenvalue weighted by molar-refractivity contribution is -0.126. The summed E-state index contributed by atoms with van der Waals surface area (Å²) in [6, 6.07) is 10.2. The summed E-state index contributed by atoms with van der Waals surface area (Å²) in [6.45, 7) is 3.41. The molecule has 3 fully saturated rings. The first-order valence-electron chi connectivity index (χ1n) is 11.1. The van der Waals surface area contributed by atoms with Gasteiger partial charge in [-0.2, -0.15) is 0 Å². The van der Waals surface area contributed by atoms with E-state index in [0.717, 1.165) is 57.4 Å². The molecule has 1 saturated heterocycles. The number of rotatable bonds is 2. The Morgan fingerprint density at radius 3 is 2.46 bits per heavy atom. The molecule has 0 spiro atoms. The van der Waals surface area contributed by atoms with E-state index in [1.165, 1.54) is 25.7 Å². The Morgan fingerprint density at radius 1 is 0.893 bits per heavy atom. The third-order valence-corrected chi connectivity index (χ3v) is 6.88. The lowest BCUT2D eigenvalue weighted by Gasteiger charge is -2.33. The van der Waals surface area contributed by atoms with E-state index in [0.29, 0.717) is 6.04 Å². The van der Waals surface area contributed by atoms with Gasteiger partial charge in [0, 0.05) is 43.8 Å². The monoisotopic (exact) mass is 383 g/mol. The number of amides is 2. The maximum absolute atomic E-state index is 13.3. The van der Waals surface area contributed by atoms with Crippen molar-refractivity contribution in [2.75, 3.05) is 26.2 Å². The normalized spacial score (nSPS) is 27.9. The predicted molar refractivity (Wildman–Crippen MR) is 110 cm³/mol. The number of hydrogen-bond acceptors (Lipinski definition) is 3. The molecule has 2 aliphatic carbocycles. The van der Waals surface area contributed by atoms with Gasteiger partial charge in [-0.25, -0.2) is 0 Å². The lowest BCUT2D eigenvalue weighted by Crippen LogP contribution is -2.47. The Morgan fingerprint density at radius 2 is 1.68 bits per heavy atom. The van der Waals surface area contributed by atoms with Crippen molar-refractivity contribution < 1.29 is 9.59 Å². The van der Waals surface area contributed by atoms with E-state index in [1.807, 2.05) is 35.2 Å². The fraction of sp³-hybridized carbons (Fsp3) is 0.652. The first-order chi connectivity index (χ1) is 13.7. The Bertz CT molecular complexity index is 672. The molecule has 1 heterocycles. The predicted octanol–water partition coefficient (Wildman–Crippen LogP) is 3.06. The van der Waals surface area contributed by atoms with Crippen LogP contribution in [0.5, 0.6) is 0 Å². The summed E-state index contributed by atoms with van der Waals surface area (Å²) in [7, 11) is 0. The van der Waals surface area contributed by atoms with Crippen LogP contribution in [-0.4, -0.2) is 59.9 Å². The topological polar surface area (TPSA) is 52.7 Å². The van der Waals surface area contributed by atoms with Crippen molar-refractivity contribution in [3.05, 3.63) is 35.9 Å². The van der Waals surface area contributed by atoms with E-state index in [9.17, 15) is 9.59 Å². The number of nitrogens with zero attached hydrogens (tertiary/aromatic N) is 2. The lowest BCUT2D eigenvalue weighted by atomic mass is 9.99. The summed E-state index contributed by atoms with van der Waals surface area (Å²) < 4.78 is 0. The molecule has 2 atom stereocenters. The summed E-state index contributed by atoms with van der Waals surface area (Å²) in [5.74, 6) is 0.157. The quantitative estimate of drug-likeness (QED) is 0.854. The van der Waals surface area contributed by atoms with Crippen molar-refractivity contribution in [1.82, 2.24) is 15.1 Å². The van der Waals surface area contributed by atoms with Gasteiger partial charge in [0.15, 0.2) is 0 Å². The van der Waals surface area contributed by atoms with E-state index in [4.69, 9.17) is 0 Å². The second-order valence-electron chi connectivity index (χ2n) is 8.59. The van der Waals surface area contributed by atoms with Crippen LogP contribution in [0.2, 0.25) is 0 Å². The largest absolute Gasteiger partial charge is 0.355 e. The number of benzene rings is 1. The maximum atomic E-state index is 13.3. The van der Waals surface area contributed by atoms with Gasteiger partial charge in [0.2, 0.25) is 5.91 Å². The van der Waals surface area contributed by atoms with Crippen molar-refractivity contribution in [2.24, 2.45) is 5.92 Å². The van der Waals surface area contributed by atoms with Gasteiger partial charge in [0.05, 0.1) is 5.92 Å². The zero-order valence-corrected chi connectivity index (χ0v) is 16.8. The second kappa shape index (κ2) is 9.08. The molecule has 0 aromatic heterocycles. The molecule has 2 saturated carbocycles. The summed E-state index contributed by atoms with van der Waals surface area (Å²) in [6.07, 6.45) is 9.00.